The van der Waals surface area contributed by atoms with Crippen molar-refractivity contribution in [2.24, 2.45) is 0 Å². The number of aryl methyl sites for hydroxylation is 3. The Balaban J connectivity index is 1.43. The fourth-order valence-corrected chi connectivity index (χ4v) is 4.56. The van der Waals surface area contributed by atoms with Crippen LogP contribution in [0.3, 0.4) is 0 Å². The van der Waals surface area contributed by atoms with Gasteiger partial charge in [0.2, 0.25) is 0 Å². The summed E-state index contributed by atoms with van der Waals surface area (Å²) in [6.07, 6.45) is 9.15. The molecule has 0 heterocycles. The van der Waals surface area contributed by atoms with Crippen LogP contribution in [0.15, 0.2) is 78.9 Å². The van der Waals surface area contributed by atoms with E-state index >= 15 is 4.39 Å². The van der Waals surface area contributed by atoms with E-state index in [4.69, 9.17) is 11.6 Å². The zero-order chi connectivity index (χ0) is 23.0. The van der Waals surface area contributed by atoms with Gasteiger partial charge in [0.25, 0.3) is 0 Å². The smallest absolute Gasteiger partial charge is 0.134 e. The van der Waals surface area contributed by atoms with Gasteiger partial charge < -0.3 is 0 Å². The summed E-state index contributed by atoms with van der Waals surface area (Å²) in [6.45, 7) is 2.25. The lowest BCUT2D eigenvalue weighted by Gasteiger charge is -2.10. The first-order chi connectivity index (χ1) is 16.1. The molecule has 0 saturated heterocycles. The van der Waals surface area contributed by atoms with Crippen LogP contribution in [0.2, 0.25) is 5.02 Å². The Morgan fingerprint density at radius 3 is 2.06 bits per heavy atom. The number of rotatable bonds is 10. The van der Waals surface area contributed by atoms with Crippen molar-refractivity contribution < 1.29 is 4.39 Å². The molecule has 4 aromatic rings. The van der Waals surface area contributed by atoms with Crippen LogP contribution in [0.1, 0.15) is 55.7 Å². The zero-order valence-corrected chi connectivity index (χ0v) is 20.2. The minimum absolute atomic E-state index is 0.105. The van der Waals surface area contributed by atoms with Crippen molar-refractivity contribution in [2.45, 2.75) is 58.3 Å². The van der Waals surface area contributed by atoms with E-state index in [-0.39, 0.29) is 5.82 Å². The molecule has 0 aliphatic heterocycles. The van der Waals surface area contributed by atoms with Gasteiger partial charge in [0.1, 0.15) is 5.82 Å². The third-order valence-electron chi connectivity index (χ3n) is 6.49. The molecule has 4 aromatic carbocycles. The van der Waals surface area contributed by atoms with Gasteiger partial charge in [0.05, 0.1) is 0 Å². The van der Waals surface area contributed by atoms with Gasteiger partial charge in [-0.1, -0.05) is 105 Å². The molecule has 0 fully saturated rings. The molecule has 33 heavy (non-hydrogen) atoms. The molecular formula is C31H32ClF. The molecule has 0 bridgehead atoms. The van der Waals surface area contributed by atoms with E-state index in [1.54, 1.807) is 0 Å². The summed E-state index contributed by atoms with van der Waals surface area (Å²) < 4.78 is 15.2. The molecule has 4 rings (SSSR count). The Morgan fingerprint density at radius 1 is 0.636 bits per heavy atom. The van der Waals surface area contributed by atoms with E-state index in [0.29, 0.717) is 11.8 Å². The molecule has 0 spiro atoms. The van der Waals surface area contributed by atoms with Gasteiger partial charge >= 0.3 is 0 Å². The van der Waals surface area contributed by atoms with Crippen molar-refractivity contribution in [1.82, 2.24) is 0 Å². The maximum absolute atomic E-state index is 15.2. The topological polar surface area (TPSA) is 0 Å². The van der Waals surface area contributed by atoms with Crippen LogP contribution in [0.25, 0.3) is 21.9 Å². The van der Waals surface area contributed by atoms with Gasteiger partial charge in [-0.05, 0) is 77.1 Å². The molecule has 0 atom stereocenters. The normalized spacial score (nSPS) is 11.2. The summed E-state index contributed by atoms with van der Waals surface area (Å²) in [5, 5.41) is 2.36. The summed E-state index contributed by atoms with van der Waals surface area (Å²) in [6, 6.07) is 26.7. The number of hydrogen-bond acceptors (Lipinski definition) is 0. The third-order valence-corrected chi connectivity index (χ3v) is 6.74. The Hall–Kier alpha value is -2.64. The molecule has 0 aromatic heterocycles. The first kappa shape index (κ1) is 23.5. The lowest BCUT2D eigenvalue weighted by molar-refractivity contribution is 0.620. The number of hydrogen-bond donors (Lipinski definition) is 0. The maximum Gasteiger partial charge on any atom is 0.134 e. The Kier molecular flexibility index (Phi) is 8.18. The Labute approximate surface area is 202 Å². The van der Waals surface area contributed by atoms with Crippen LogP contribution in [0.4, 0.5) is 4.39 Å². The van der Waals surface area contributed by atoms with Gasteiger partial charge in [-0.3, -0.25) is 0 Å². The fourth-order valence-electron chi connectivity index (χ4n) is 4.44. The van der Waals surface area contributed by atoms with E-state index in [2.05, 4.69) is 37.3 Å². The minimum Gasteiger partial charge on any atom is -0.206 e. The van der Waals surface area contributed by atoms with Crippen molar-refractivity contribution in [3.8, 4) is 11.1 Å². The molecular weight excluding hydrogens is 427 g/mol. The molecule has 170 valence electrons. The zero-order valence-electron chi connectivity index (χ0n) is 19.4. The second kappa shape index (κ2) is 11.5. The van der Waals surface area contributed by atoms with Gasteiger partial charge in [-0.15, -0.1) is 0 Å². The quantitative estimate of drug-likeness (QED) is 0.207. The SMILES string of the molecule is CCCCCCCc1ccc(-c2ccc3c(F)c(CCc4ccc(Cl)cc4)ccc3c2)cc1. The largest absolute Gasteiger partial charge is 0.206 e. The monoisotopic (exact) mass is 458 g/mol. The van der Waals surface area contributed by atoms with E-state index in [1.807, 2.05) is 48.5 Å². The van der Waals surface area contributed by atoms with Crippen molar-refractivity contribution >= 4 is 22.4 Å². The molecule has 0 amide bonds. The van der Waals surface area contributed by atoms with Crippen molar-refractivity contribution in [1.29, 1.82) is 0 Å². The molecule has 0 radical (unpaired) electrons. The van der Waals surface area contributed by atoms with Crippen molar-refractivity contribution in [3.63, 3.8) is 0 Å². The summed E-state index contributed by atoms with van der Waals surface area (Å²) in [4.78, 5) is 0. The second-order valence-corrected chi connectivity index (χ2v) is 9.40. The van der Waals surface area contributed by atoms with Crippen LogP contribution >= 0.6 is 11.6 Å². The van der Waals surface area contributed by atoms with Crippen LogP contribution in [0.5, 0.6) is 0 Å². The van der Waals surface area contributed by atoms with Gasteiger partial charge in [0.15, 0.2) is 0 Å². The first-order valence-electron chi connectivity index (χ1n) is 12.2. The van der Waals surface area contributed by atoms with E-state index in [9.17, 15) is 0 Å². The molecule has 0 aliphatic carbocycles. The van der Waals surface area contributed by atoms with Crippen molar-refractivity contribution in [3.05, 3.63) is 106 Å². The molecule has 0 nitrogen and oxygen atoms in total. The number of halogens is 2. The predicted octanol–water partition coefficient (Wildman–Crippen LogP) is 9.60. The lowest BCUT2D eigenvalue weighted by atomic mass is 9.96. The van der Waals surface area contributed by atoms with Gasteiger partial charge in [-0.25, -0.2) is 4.39 Å². The highest BCUT2D eigenvalue weighted by Gasteiger charge is 2.09. The highest BCUT2D eigenvalue weighted by molar-refractivity contribution is 6.30. The maximum atomic E-state index is 15.2. The average molecular weight is 459 g/mol. The van der Waals surface area contributed by atoms with Crippen molar-refractivity contribution in [2.75, 3.05) is 0 Å². The Bertz CT molecular complexity index is 1180. The van der Waals surface area contributed by atoms with Gasteiger partial charge in [-0.2, -0.15) is 0 Å². The minimum atomic E-state index is -0.105. The van der Waals surface area contributed by atoms with Gasteiger partial charge in [0, 0.05) is 10.4 Å². The second-order valence-electron chi connectivity index (χ2n) is 8.96. The highest BCUT2D eigenvalue weighted by Crippen LogP contribution is 2.28. The molecule has 0 aliphatic rings. The van der Waals surface area contributed by atoms with E-state index in [1.165, 1.54) is 48.8 Å². The lowest BCUT2D eigenvalue weighted by Crippen LogP contribution is -1.96. The molecule has 0 saturated carbocycles. The summed E-state index contributed by atoms with van der Waals surface area (Å²) in [5.74, 6) is -0.105. The number of benzene rings is 4. The fraction of sp³-hybridized carbons (Fsp3) is 0.290. The highest BCUT2D eigenvalue weighted by atomic mass is 35.5. The van der Waals surface area contributed by atoms with Crippen LogP contribution in [-0.2, 0) is 19.3 Å². The van der Waals surface area contributed by atoms with Crippen LogP contribution in [-0.4, -0.2) is 0 Å². The average Bonchev–Trinajstić information content (AvgIpc) is 2.85. The standard InChI is InChI=1S/C31H32ClF/c1-2-3-4-5-6-7-23-8-13-25(14-9-23)27-18-21-30-28(22-27)17-16-26(31(30)33)15-10-24-11-19-29(32)20-12-24/h8-9,11-14,16-22H,2-7,10,15H2,1H3. The van der Waals surface area contributed by atoms with E-state index in [0.717, 1.165) is 34.4 Å². The summed E-state index contributed by atoms with van der Waals surface area (Å²) in [7, 11) is 0. The first-order valence-corrected chi connectivity index (χ1v) is 12.6. The van der Waals surface area contributed by atoms with E-state index < -0.39 is 0 Å². The summed E-state index contributed by atoms with van der Waals surface area (Å²) in [5.41, 5.74) is 5.63. The molecule has 0 N–H and O–H groups in total. The Morgan fingerprint density at radius 2 is 1.30 bits per heavy atom. The van der Waals surface area contributed by atoms with Crippen LogP contribution in [0, 0.1) is 5.82 Å². The predicted molar refractivity (Wildman–Crippen MR) is 141 cm³/mol. The number of fused-ring (bicyclic) bond motifs is 1. The third kappa shape index (κ3) is 6.24. The summed E-state index contributed by atoms with van der Waals surface area (Å²) >= 11 is 5.96. The number of unbranched alkanes of at least 4 members (excludes halogenated alkanes) is 4. The molecule has 0 unspecified atom stereocenters. The molecule has 2 heteroatoms. The van der Waals surface area contributed by atoms with Crippen LogP contribution < -0.4 is 0 Å².